The van der Waals surface area contributed by atoms with E-state index in [0.717, 1.165) is 30.6 Å². The predicted octanol–water partition coefficient (Wildman–Crippen LogP) is 1.74. The topological polar surface area (TPSA) is 38.1 Å². The van der Waals surface area contributed by atoms with Crippen LogP contribution >= 0.6 is 0 Å². The van der Waals surface area contributed by atoms with Crippen molar-refractivity contribution < 1.29 is 4.79 Å². The molecule has 1 amide bonds. The minimum absolute atomic E-state index is 0.137. The molecule has 0 radical (unpaired) electrons. The van der Waals surface area contributed by atoms with E-state index in [1.54, 1.807) is 4.68 Å². The van der Waals surface area contributed by atoms with Gasteiger partial charge in [0.15, 0.2) is 0 Å². The molecule has 1 fully saturated rings. The highest BCUT2D eigenvalue weighted by atomic mass is 16.2. The molecule has 2 heterocycles. The van der Waals surface area contributed by atoms with Crippen LogP contribution in [0, 0.1) is 6.92 Å². The van der Waals surface area contributed by atoms with E-state index in [4.69, 9.17) is 0 Å². The van der Waals surface area contributed by atoms with Crippen molar-refractivity contribution in [2.45, 2.75) is 39.2 Å². The van der Waals surface area contributed by atoms with Gasteiger partial charge < -0.3 is 4.90 Å². The first kappa shape index (κ1) is 11.2. The van der Waals surface area contributed by atoms with Gasteiger partial charge in [0.25, 0.3) is 5.91 Å². The molecule has 0 N–H and O–H groups in total. The number of hydrogen-bond acceptors (Lipinski definition) is 2. The van der Waals surface area contributed by atoms with Gasteiger partial charge in [0.05, 0.1) is 11.3 Å². The summed E-state index contributed by atoms with van der Waals surface area (Å²) in [6.45, 7) is 4.90. The lowest BCUT2D eigenvalue weighted by Gasteiger charge is -2.33. The molecular weight excluding hydrogens is 202 g/mol. The lowest BCUT2D eigenvalue weighted by Crippen LogP contribution is -2.42. The molecule has 0 unspecified atom stereocenters. The summed E-state index contributed by atoms with van der Waals surface area (Å²) in [5.41, 5.74) is 1.57. The van der Waals surface area contributed by atoms with Crippen molar-refractivity contribution in [1.29, 1.82) is 0 Å². The summed E-state index contributed by atoms with van der Waals surface area (Å²) in [5, 5.41) is 4.22. The number of likely N-dealkylation sites (tertiary alicyclic amines) is 1. The molecule has 0 saturated carbocycles. The first-order valence-corrected chi connectivity index (χ1v) is 5.91. The highest BCUT2D eigenvalue weighted by Crippen LogP contribution is 2.20. The first-order valence-electron chi connectivity index (χ1n) is 5.91. The van der Waals surface area contributed by atoms with E-state index < -0.39 is 0 Å². The standard InChI is InChI=1S/C12H19N3O/c1-9-6-4-5-7-15(9)12(16)11-8-14(3)13-10(11)2/h8-9H,4-7H2,1-3H3/t9-/m1/s1. The first-order chi connectivity index (χ1) is 7.59. The molecule has 2 rings (SSSR count). The van der Waals surface area contributed by atoms with E-state index >= 15 is 0 Å². The second kappa shape index (κ2) is 4.28. The fourth-order valence-electron chi connectivity index (χ4n) is 2.36. The summed E-state index contributed by atoms with van der Waals surface area (Å²) in [4.78, 5) is 14.3. The van der Waals surface area contributed by atoms with Crippen LogP contribution in [-0.2, 0) is 7.05 Å². The van der Waals surface area contributed by atoms with Crippen molar-refractivity contribution in [1.82, 2.24) is 14.7 Å². The lowest BCUT2D eigenvalue weighted by atomic mass is 10.0. The van der Waals surface area contributed by atoms with Gasteiger partial charge in [0.1, 0.15) is 0 Å². The van der Waals surface area contributed by atoms with Crippen molar-refractivity contribution >= 4 is 5.91 Å². The second-order valence-electron chi connectivity index (χ2n) is 4.65. The zero-order chi connectivity index (χ0) is 11.7. The van der Waals surface area contributed by atoms with Gasteiger partial charge in [-0.05, 0) is 33.1 Å². The molecule has 1 saturated heterocycles. The highest BCUT2D eigenvalue weighted by Gasteiger charge is 2.26. The van der Waals surface area contributed by atoms with Crippen molar-refractivity contribution in [2.24, 2.45) is 7.05 Å². The van der Waals surface area contributed by atoms with Crippen LogP contribution in [0.2, 0.25) is 0 Å². The number of piperidine rings is 1. The molecule has 1 atom stereocenters. The molecule has 4 heteroatoms. The number of aromatic nitrogens is 2. The maximum Gasteiger partial charge on any atom is 0.257 e. The van der Waals surface area contributed by atoms with Crippen LogP contribution in [0.3, 0.4) is 0 Å². The zero-order valence-electron chi connectivity index (χ0n) is 10.2. The Kier molecular flexibility index (Phi) is 2.99. The smallest absolute Gasteiger partial charge is 0.257 e. The monoisotopic (exact) mass is 221 g/mol. The Morgan fingerprint density at radius 2 is 2.25 bits per heavy atom. The van der Waals surface area contributed by atoms with Gasteiger partial charge in [-0.25, -0.2) is 0 Å². The van der Waals surface area contributed by atoms with E-state index in [1.165, 1.54) is 6.42 Å². The Labute approximate surface area is 96.2 Å². The Morgan fingerprint density at radius 3 is 2.81 bits per heavy atom. The van der Waals surface area contributed by atoms with Crippen LogP contribution in [0.25, 0.3) is 0 Å². The van der Waals surface area contributed by atoms with Gasteiger partial charge in [0, 0.05) is 25.8 Å². The SMILES string of the molecule is Cc1nn(C)cc1C(=O)N1CCCC[C@H]1C. The van der Waals surface area contributed by atoms with Crippen molar-refractivity contribution in [3.63, 3.8) is 0 Å². The molecule has 88 valence electrons. The maximum atomic E-state index is 12.3. The fourth-order valence-corrected chi connectivity index (χ4v) is 2.36. The average Bonchev–Trinajstić information content (AvgIpc) is 2.58. The highest BCUT2D eigenvalue weighted by molar-refractivity contribution is 5.95. The fraction of sp³-hybridized carbons (Fsp3) is 0.667. The number of amides is 1. The number of aryl methyl sites for hydroxylation is 2. The number of nitrogens with zero attached hydrogens (tertiary/aromatic N) is 3. The summed E-state index contributed by atoms with van der Waals surface area (Å²) < 4.78 is 1.71. The number of hydrogen-bond donors (Lipinski definition) is 0. The molecule has 0 aromatic carbocycles. The summed E-state index contributed by atoms with van der Waals surface area (Å²) in [6, 6.07) is 0.362. The third-order valence-corrected chi connectivity index (χ3v) is 3.31. The third kappa shape index (κ3) is 1.96. The van der Waals surface area contributed by atoms with Gasteiger partial charge in [-0.2, -0.15) is 5.10 Å². The minimum Gasteiger partial charge on any atom is -0.336 e. The molecule has 16 heavy (non-hydrogen) atoms. The summed E-state index contributed by atoms with van der Waals surface area (Å²) in [7, 11) is 1.85. The van der Waals surface area contributed by atoms with Crippen LogP contribution in [0.4, 0.5) is 0 Å². The zero-order valence-corrected chi connectivity index (χ0v) is 10.2. The largest absolute Gasteiger partial charge is 0.336 e. The molecular formula is C12H19N3O. The van der Waals surface area contributed by atoms with Crippen LogP contribution in [0.1, 0.15) is 42.2 Å². The second-order valence-corrected chi connectivity index (χ2v) is 4.65. The molecule has 0 aliphatic carbocycles. The number of carbonyl (C=O) groups excluding carboxylic acids is 1. The average molecular weight is 221 g/mol. The molecule has 1 aliphatic rings. The predicted molar refractivity (Wildman–Crippen MR) is 62.3 cm³/mol. The van der Waals surface area contributed by atoms with Crippen molar-refractivity contribution in [3.05, 3.63) is 17.5 Å². The van der Waals surface area contributed by atoms with E-state index in [0.29, 0.717) is 6.04 Å². The van der Waals surface area contributed by atoms with Crippen molar-refractivity contribution in [2.75, 3.05) is 6.54 Å². The van der Waals surface area contributed by atoms with E-state index in [-0.39, 0.29) is 5.91 Å². The van der Waals surface area contributed by atoms with E-state index in [1.807, 2.05) is 25.1 Å². The Bertz CT molecular complexity index is 397. The summed E-state index contributed by atoms with van der Waals surface area (Å²) in [6.07, 6.45) is 5.29. The van der Waals surface area contributed by atoms with Gasteiger partial charge >= 0.3 is 0 Å². The number of rotatable bonds is 1. The summed E-state index contributed by atoms with van der Waals surface area (Å²) in [5.74, 6) is 0.137. The van der Waals surface area contributed by atoms with Crippen LogP contribution < -0.4 is 0 Å². The molecule has 0 bridgehead atoms. The van der Waals surface area contributed by atoms with Gasteiger partial charge in [-0.1, -0.05) is 0 Å². The van der Waals surface area contributed by atoms with Crippen LogP contribution in [-0.4, -0.2) is 33.2 Å². The normalized spacial score (nSPS) is 21.2. The molecule has 4 nitrogen and oxygen atoms in total. The Hall–Kier alpha value is -1.32. The van der Waals surface area contributed by atoms with Gasteiger partial charge in [0.2, 0.25) is 0 Å². The third-order valence-electron chi connectivity index (χ3n) is 3.31. The molecule has 0 spiro atoms. The lowest BCUT2D eigenvalue weighted by molar-refractivity contribution is 0.0635. The van der Waals surface area contributed by atoms with Gasteiger partial charge in [-0.3, -0.25) is 9.48 Å². The van der Waals surface area contributed by atoms with E-state index in [9.17, 15) is 4.79 Å². The Balaban J connectivity index is 2.21. The molecule has 1 aromatic rings. The maximum absolute atomic E-state index is 12.3. The molecule has 1 aromatic heterocycles. The minimum atomic E-state index is 0.137. The number of carbonyl (C=O) groups is 1. The van der Waals surface area contributed by atoms with Crippen LogP contribution in [0.5, 0.6) is 0 Å². The van der Waals surface area contributed by atoms with Crippen LogP contribution in [0.15, 0.2) is 6.20 Å². The Morgan fingerprint density at radius 1 is 1.50 bits per heavy atom. The van der Waals surface area contributed by atoms with Gasteiger partial charge in [-0.15, -0.1) is 0 Å². The quantitative estimate of drug-likeness (QED) is 0.724. The molecule has 1 aliphatic heterocycles. The van der Waals surface area contributed by atoms with Crippen molar-refractivity contribution in [3.8, 4) is 0 Å². The summed E-state index contributed by atoms with van der Waals surface area (Å²) >= 11 is 0. The van der Waals surface area contributed by atoms with E-state index in [2.05, 4.69) is 12.0 Å².